The number of rotatable bonds is 5. The third-order valence-electron chi connectivity index (χ3n) is 4.88. The van der Waals surface area contributed by atoms with Crippen molar-refractivity contribution < 1.29 is 9.13 Å². The van der Waals surface area contributed by atoms with E-state index in [4.69, 9.17) is 4.74 Å². The predicted octanol–water partition coefficient (Wildman–Crippen LogP) is 3.30. The molecule has 154 valence electrons. The van der Waals surface area contributed by atoms with Gasteiger partial charge in [-0.05, 0) is 51.8 Å². The van der Waals surface area contributed by atoms with E-state index in [1.807, 2.05) is 6.07 Å². The van der Waals surface area contributed by atoms with E-state index in [0.29, 0.717) is 18.1 Å². The van der Waals surface area contributed by atoms with Crippen LogP contribution in [-0.4, -0.2) is 55.3 Å². The minimum atomic E-state index is -0.177. The standard InChI is InChI=1S/C20H33FN4O.HI/c1-14-7-8-17(9-18(14)21)10-23-19(22-6)24-13-20(4,5)25-11-15(2)26-16(3)12-25;/h7-9,15-16H,10-13H2,1-6H3,(H2,22,23,24);1H. The molecule has 0 aliphatic carbocycles. The van der Waals surface area contributed by atoms with Crippen LogP contribution in [-0.2, 0) is 11.3 Å². The fraction of sp³-hybridized carbons (Fsp3) is 0.650. The molecule has 0 aromatic heterocycles. The van der Waals surface area contributed by atoms with E-state index in [-0.39, 0.29) is 47.5 Å². The molecular formula is C20H34FIN4O. The normalized spacial score (nSPS) is 21.5. The van der Waals surface area contributed by atoms with Crippen molar-refractivity contribution in [3.05, 3.63) is 35.1 Å². The number of ether oxygens (including phenoxy) is 1. The molecule has 1 saturated heterocycles. The lowest BCUT2D eigenvalue weighted by Gasteiger charge is -2.45. The fourth-order valence-electron chi connectivity index (χ4n) is 3.24. The van der Waals surface area contributed by atoms with Gasteiger partial charge >= 0.3 is 0 Å². The zero-order chi connectivity index (χ0) is 19.3. The van der Waals surface area contributed by atoms with Gasteiger partial charge in [0.25, 0.3) is 0 Å². The molecule has 2 atom stereocenters. The third kappa shape index (κ3) is 7.19. The first kappa shape index (κ1) is 24.1. The maximum absolute atomic E-state index is 13.7. The summed E-state index contributed by atoms with van der Waals surface area (Å²) in [7, 11) is 1.75. The number of benzene rings is 1. The molecule has 1 aliphatic rings. The van der Waals surface area contributed by atoms with Crippen molar-refractivity contribution in [1.82, 2.24) is 15.5 Å². The summed E-state index contributed by atoms with van der Waals surface area (Å²) < 4.78 is 19.5. The van der Waals surface area contributed by atoms with Crippen LogP contribution in [0.1, 0.15) is 38.8 Å². The van der Waals surface area contributed by atoms with E-state index in [1.54, 1.807) is 26.1 Å². The molecule has 0 radical (unpaired) electrons. The van der Waals surface area contributed by atoms with Crippen LogP contribution < -0.4 is 10.6 Å². The molecule has 0 amide bonds. The first-order chi connectivity index (χ1) is 12.2. The van der Waals surface area contributed by atoms with Crippen LogP contribution in [0.4, 0.5) is 4.39 Å². The Balaban J connectivity index is 0.00000364. The average molecular weight is 492 g/mol. The lowest BCUT2D eigenvalue weighted by molar-refractivity contribution is -0.0946. The van der Waals surface area contributed by atoms with Gasteiger partial charge in [0.2, 0.25) is 0 Å². The van der Waals surface area contributed by atoms with E-state index in [2.05, 4.69) is 48.2 Å². The smallest absolute Gasteiger partial charge is 0.191 e. The highest BCUT2D eigenvalue weighted by Crippen LogP contribution is 2.20. The number of nitrogens with zero attached hydrogens (tertiary/aromatic N) is 2. The molecule has 27 heavy (non-hydrogen) atoms. The van der Waals surface area contributed by atoms with Crippen LogP contribution in [0.2, 0.25) is 0 Å². The lowest BCUT2D eigenvalue weighted by Crippen LogP contribution is -2.59. The number of aryl methyl sites for hydroxylation is 1. The van der Waals surface area contributed by atoms with Crippen LogP contribution in [0.5, 0.6) is 0 Å². The van der Waals surface area contributed by atoms with Gasteiger partial charge in [0.1, 0.15) is 5.82 Å². The number of hydrogen-bond donors (Lipinski definition) is 2. The highest BCUT2D eigenvalue weighted by Gasteiger charge is 2.33. The van der Waals surface area contributed by atoms with Crippen LogP contribution in [0.15, 0.2) is 23.2 Å². The van der Waals surface area contributed by atoms with Gasteiger partial charge < -0.3 is 15.4 Å². The molecule has 1 aliphatic heterocycles. The molecule has 0 bridgehead atoms. The van der Waals surface area contributed by atoms with E-state index in [1.165, 1.54) is 0 Å². The Hall–Kier alpha value is -0.930. The van der Waals surface area contributed by atoms with Crippen molar-refractivity contribution in [3.8, 4) is 0 Å². The summed E-state index contributed by atoms with van der Waals surface area (Å²) >= 11 is 0. The van der Waals surface area contributed by atoms with Gasteiger partial charge in [0.05, 0.1) is 12.2 Å². The Morgan fingerprint density at radius 1 is 1.26 bits per heavy atom. The summed E-state index contributed by atoms with van der Waals surface area (Å²) in [5, 5.41) is 6.65. The summed E-state index contributed by atoms with van der Waals surface area (Å²) in [6.45, 7) is 13.6. The lowest BCUT2D eigenvalue weighted by atomic mass is 10.00. The van der Waals surface area contributed by atoms with E-state index >= 15 is 0 Å². The number of nitrogens with one attached hydrogen (secondary N) is 2. The Kier molecular flexibility index (Phi) is 9.44. The zero-order valence-electron chi connectivity index (χ0n) is 17.3. The molecule has 0 saturated carbocycles. The summed E-state index contributed by atoms with van der Waals surface area (Å²) in [4.78, 5) is 6.74. The third-order valence-corrected chi connectivity index (χ3v) is 4.88. The molecule has 1 heterocycles. The second-order valence-corrected chi connectivity index (χ2v) is 7.84. The Labute approximate surface area is 180 Å². The molecule has 2 unspecified atom stereocenters. The van der Waals surface area contributed by atoms with Gasteiger partial charge in [-0.15, -0.1) is 24.0 Å². The van der Waals surface area contributed by atoms with Crippen LogP contribution in [0.25, 0.3) is 0 Å². The molecular weight excluding hydrogens is 458 g/mol. The molecule has 0 spiro atoms. The van der Waals surface area contributed by atoms with Crippen molar-refractivity contribution in [1.29, 1.82) is 0 Å². The van der Waals surface area contributed by atoms with E-state index in [9.17, 15) is 4.39 Å². The maximum atomic E-state index is 13.7. The van der Waals surface area contributed by atoms with Crippen molar-refractivity contribution >= 4 is 29.9 Å². The minimum absolute atomic E-state index is 0. The molecule has 1 aromatic carbocycles. The number of hydrogen-bond acceptors (Lipinski definition) is 3. The summed E-state index contributed by atoms with van der Waals surface area (Å²) in [6.07, 6.45) is 0.485. The highest BCUT2D eigenvalue weighted by molar-refractivity contribution is 14.0. The van der Waals surface area contributed by atoms with Crippen molar-refractivity contribution in [2.75, 3.05) is 26.7 Å². The van der Waals surface area contributed by atoms with Gasteiger partial charge in [-0.2, -0.15) is 0 Å². The Morgan fingerprint density at radius 3 is 2.44 bits per heavy atom. The number of halogens is 2. The number of guanidine groups is 1. The first-order valence-electron chi connectivity index (χ1n) is 9.31. The summed E-state index contributed by atoms with van der Waals surface area (Å²) in [5.41, 5.74) is 1.53. The quantitative estimate of drug-likeness (QED) is 0.376. The Morgan fingerprint density at radius 2 is 1.89 bits per heavy atom. The van der Waals surface area contributed by atoms with Gasteiger partial charge in [-0.3, -0.25) is 9.89 Å². The van der Waals surface area contributed by atoms with Crippen molar-refractivity contribution in [2.45, 2.75) is 58.9 Å². The van der Waals surface area contributed by atoms with Gasteiger partial charge in [0.15, 0.2) is 5.96 Å². The number of morpholine rings is 1. The summed E-state index contributed by atoms with van der Waals surface area (Å²) in [6, 6.07) is 5.29. The number of aliphatic imine (C=N–C) groups is 1. The molecule has 1 aromatic rings. The molecule has 1 fully saturated rings. The van der Waals surface area contributed by atoms with E-state index < -0.39 is 0 Å². The Bertz CT molecular complexity index is 628. The van der Waals surface area contributed by atoms with Crippen molar-refractivity contribution in [3.63, 3.8) is 0 Å². The molecule has 7 heteroatoms. The second-order valence-electron chi connectivity index (χ2n) is 7.84. The predicted molar refractivity (Wildman–Crippen MR) is 120 cm³/mol. The van der Waals surface area contributed by atoms with Gasteiger partial charge in [0, 0.05) is 38.8 Å². The first-order valence-corrected chi connectivity index (χ1v) is 9.31. The second kappa shape index (κ2) is 10.6. The topological polar surface area (TPSA) is 48.9 Å². The van der Waals surface area contributed by atoms with Crippen LogP contribution in [0.3, 0.4) is 0 Å². The van der Waals surface area contributed by atoms with Crippen molar-refractivity contribution in [2.24, 2.45) is 4.99 Å². The maximum Gasteiger partial charge on any atom is 0.191 e. The average Bonchev–Trinajstić information content (AvgIpc) is 2.57. The minimum Gasteiger partial charge on any atom is -0.373 e. The molecule has 2 N–H and O–H groups in total. The molecule has 2 rings (SSSR count). The van der Waals surface area contributed by atoms with Gasteiger partial charge in [-0.25, -0.2) is 4.39 Å². The van der Waals surface area contributed by atoms with Crippen LogP contribution >= 0.6 is 24.0 Å². The van der Waals surface area contributed by atoms with Crippen LogP contribution in [0, 0.1) is 12.7 Å². The summed E-state index contributed by atoms with van der Waals surface area (Å²) in [5.74, 6) is 0.539. The zero-order valence-corrected chi connectivity index (χ0v) is 19.6. The fourth-order valence-corrected chi connectivity index (χ4v) is 3.24. The monoisotopic (exact) mass is 492 g/mol. The SMILES string of the molecule is CN=C(NCc1ccc(C)c(F)c1)NCC(C)(C)N1CC(C)OC(C)C1.I. The largest absolute Gasteiger partial charge is 0.373 e. The highest BCUT2D eigenvalue weighted by atomic mass is 127. The molecule has 5 nitrogen and oxygen atoms in total. The van der Waals surface area contributed by atoms with E-state index in [0.717, 1.165) is 25.2 Å². The van der Waals surface area contributed by atoms with Gasteiger partial charge in [-0.1, -0.05) is 12.1 Å².